The van der Waals surface area contributed by atoms with E-state index in [0.717, 1.165) is 38.4 Å². The van der Waals surface area contributed by atoms with Crippen LogP contribution >= 0.6 is 0 Å². The Morgan fingerprint density at radius 3 is 2.56 bits per heavy atom. The lowest BCUT2D eigenvalue weighted by Gasteiger charge is -2.31. The molecule has 0 spiro atoms. The van der Waals surface area contributed by atoms with Gasteiger partial charge in [-0.05, 0) is 19.2 Å². The van der Waals surface area contributed by atoms with Crippen LogP contribution in [-0.2, 0) is 6.42 Å². The van der Waals surface area contributed by atoms with E-state index in [1.807, 2.05) is 17.9 Å². The first-order valence-corrected chi connectivity index (χ1v) is 5.77. The first-order valence-electron chi connectivity index (χ1n) is 5.77. The van der Waals surface area contributed by atoms with E-state index < -0.39 is 0 Å². The first-order chi connectivity index (χ1) is 7.70. The zero-order valence-corrected chi connectivity index (χ0v) is 9.90. The maximum Gasteiger partial charge on any atom is 0.289 e. The Labute approximate surface area is 95.8 Å². The fourth-order valence-corrected chi connectivity index (χ4v) is 1.85. The Morgan fingerprint density at radius 1 is 1.31 bits per heavy atom. The Hall–Kier alpha value is -1.29. The van der Waals surface area contributed by atoms with Crippen LogP contribution in [0.25, 0.3) is 0 Å². The fraction of sp³-hybridized carbons (Fsp3) is 0.583. The predicted molar refractivity (Wildman–Crippen MR) is 61.5 cm³/mol. The molecule has 1 fully saturated rings. The van der Waals surface area contributed by atoms with E-state index in [1.165, 1.54) is 0 Å². The minimum atomic E-state index is 0.0211. The van der Waals surface area contributed by atoms with E-state index in [0.29, 0.717) is 5.76 Å². The predicted octanol–water partition coefficient (Wildman–Crippen LogP) is 1.23. The van der Waals surface area contributed by atoms with Gasteiger partial charge in [0.1, 0.15) is 5.76 Å². The number of aryl methyl sites for hydroxylation is 1. The lowest BCUT2D eigenvalue weighted by Crippen LogP contribution is -2.47. The molecule has 0 radical (unpaired) electrons. The lowest BCUT2D eigenvalue weighted by atomic mass is 10.3. The maximum atomic E-state index is 12.0. The molecular weight excluding hydrogens is 204 g/mol. The summed E-state index contributed by atoms with van der Waals surface area (Å²) in [4.78, 5) is 16.1. The van der Waals surface area contributed by atoms with Crippen molar-refractivity contribution in [2.24, 2.45) is 0 Å². The Bertz CT molecular complexity index is 365. The van der Waals surface area contributed by atoms with Gasteiger partial charge in [-0.3, -0.25) is 4.79 Å². The smallest absolute Gasteiger partial charge is 0.289 e. The van der Waals surface area contributed by atoms with Crippen LogP contribution in [0.4, 0.5) is 0 Å². The molecule has 0 atom stereocenters. The van der Waals surface area contributed by atoms with Gasteiger partial charge in [0.2, 0.25) is 0 Å². The third kappa shape index (κ3) is 2.27. The van der Waals surface area contributed by atoms with Crippen molar-refractivity contribution in [1.82, 2.24) is 9.80 Å². The number of nitrogens with zero attached hydrogens (tertiary/aromatic N) is 2. The van der Waals surface area contributed by atoms with E-state index in [9.17, 15) is 4.79 Å². The summed E-state index contributed by atoms with van der Waals surface area (Å²) in [5, 5.41) is 0. The molecule has 1 amide bonds. The van der Waals surface area contributed by atoms with Crippen LogP contribution in [-0.4, -0.2) is 48.9 Å². The van der Waals surface area contributed by atoms with Crippen molar-refractivity contribution in [3.8, 4) is 0 Å². The van der Waals surface area contributed by atoms with Gasteiger partial charge in [-0.2, -0.15) is 0 Å². The van der Waals surface area contributed by atoms with Gasteiger partial charge >= 0.3 is 0 Å². The number of rotatable bonds is 2. The van der Waals surface area contributed by atoms with Crippen LogP contribution in [0, 0.1) is 0 Å². The van der Waals surface area contributed by atoms with E-state index in [2.05, 4.69) is 11.9 Å². The summed E-state index contributed by atoms with van der Waals surface area (Å²) in [6.07, 6.45) is 0.829. The van der Waals surface area contributed by atoms with Crippen LogP contribution in [0.3, 0.4) is 0 Å². The number of hydrogen-bond acceptors (Lipinski definition) is 3. The summed E-state index contributed by atoms with van der Waals surface area (Å²) in [6, 6.07) is 3.66. The molecule has 1 saturated heterocycles. The zero-order valence-electron chi connectivity index (χ0n) is 9.90. The third-order valence-corrected chi connectivity index (χ3v) is 3.01. The van der Waals surface area contributed by atoms with Crippen molar-refractivity contribution < 1.29 is 9.21 Å². The molecule has 1 aromatic heterocycles. The van der Waals surface area contributed by atoms with Gasteiger partial charge in [-0.25, -0.2) is 0 Å². The van der Waals surface area contributed by atoms with E-state index in [4.69, 9.17) is 4.42 Å². The van der Waals surface area contributed by atoms with Gasteiger partial charge in [0.25, 0.3) is 5.91 Å². The van der Waals surface area contributed by atoms with Crippen molar-refractivity contribution >= 4 is 5.91 Å². The first kappa shape index (κ1) is 11.2. The van der Waals surface area contributed by atoms with Crippen LogP contribution in [0.5, 0.6) is 0 Å². The fourth-order valence-electron chi connectivity index (χ4n) is 1.85. The van der Waals surface area contributed by atoms with Crippen LogP contribution in [0.2, 0.25) is 0 Å². The van der Waals surface area contributed by atoms with Gasteiger partial charge in [0.15, 0.2) is 5.76 Å². The number of likely N-dealkylation sites (N-methyl/N-ethyl adjacent to an activating group) is 1. The molecule has 0 saturated carbocycles. The molecule has 16 heavy (non-hydrogen) atoms. The number of carbonyl (C=O) groups is 1. The number of amides is 1. The quantitative estimate of drug-likeness (QED) is 0.755. The largest absolute Gasteiger partial charge is 0.456 e. The highest BCUT2D eigenvalue weighted by molar-refractivity contribution is 5.91. The van der Waals surface area contributed by atoms with Gasteiger partial charge in [0, 0.05) is 32.6 Å². The summed E-state index contributed by atoms with van der Waals surface area (Å²) in [5.41, 5.74) is 0. The van der Waals surface area contributed by atoms with E-state index >= 15 is 0 Å². The van der Waals surface area contributed by atoms with Crippen molar-refractivity contribution in [2.45, 2.75) is 13.3 Å². The molecule has 0 bridgehead atoms. The van der Waals surface area contributed by atoms with Crippen LogP contribution in [0.15, 0.2) is 16.5 Å². The summed E-state index contributed by atoms with van der Waals surface area (Å²) in [7, 11) is 2.07. The zero-order chi connectivity index (χ0) is 11.5. The molecule has 2 rings (SSSR count). The van der Waals surface area contributed by atoms with Gasteiger partial charge < -0.3 is 14.2 Å². The summed E-state index contributed by atoms with van der Waals surface area (Å²) in [5.74, 6) is 1.37. The number of carbonyl (C=O) groups excluding carboxylic acids is 1. The summed E-state index contributed by atoms with van der Waals surface area (Å²) in [6.45, 7) is 5.47. The highest BCUT2D eigenvalue weighted by Crippen LogP contribution is 2.12. The second kappa shape index (κ2) is 4.70. The lowest BCUT2D eigenvalue weighted by molar-refractivity contribution is 0.0631. The Balaban J connectivity index is 2.01. The monoisotopic (exact) mass is 222 g/mol. The normalized spacial score (nSPS) is 17.8. The second-order valence-electron chi connectivity index (χ2n) is 4.21. The Morgan fingerprint density at radius 2 is 2.00 bits per heavy atom. The van der Waals surface area contributed by atoms with E-state index in [-0.39, 0.29) is 5.91 Å². The average Bonchev–Trinajstić information content (AvgIpc) is 2.77. The van der Waals surface area contributed by atoms with Crippen molar-refractivity contribution in [1.29, 1.82) is 0 Å². The SMILES string of the molecule is CCc1ccc(C(=O)N2CCN(C)CC2)o1. The van der Waals surface area contributed by atoms with Crippen molar-refractivity contribution in [3.05, 3.63) is 23.7 Å². The molecule has 0 aliphatic carbocycles. The van der Waals surface area contributed by atoms with Crippen molar-refractivity contribution in [3.63, 3.8) is 0 Å². The molecule has 0 aromatic carbocycles. The van der Waals surface area contributed by atoms with Crippen LogP contribution in [0.1, 0.15) is 23.2 Å². The molecule has 1 aliphatic rings. The number of hydrogen-bond donors (Lipinski definition) is 0. The van der Waals surface area contributed by atoms with Gasteiger partial charge in [-0.15, -0.1) is 0 Å². The summed E-state index contributed by atoms with van der Waals surface area (Å²) >= 11 is 0. The topological polar surface area (TPSA) is 36.7 Å². The van der Waals surface area contributed by atoms with Gasteiger partial charge in [-0.1, -0.05) is 6.92 Å². The maximum absolute atomic E-state index is 12.0. The molecule has 0 unspecified atom stereocenters. The minimum absolute atomic E-state index is 0.0211. The molecular formula is C12H18N2O2. The molecule has 88 valence electrons. The molecule has 2 heterocycles. The average molecular weight is 222 g/mol. The van der Waals surface area contributed by atoms with Crippen LogP contribution < -0.4 is 0 Å². The molecule has 4 nitrogen and oxygen atoms in total. The Kier molecular flexibility index (Phi) is 3.29. The summed E-state index contributed by atoms with van der Waals surface area (Å²) < 4.78 is 5.47. The van der Waals surface area contributed by atoms with Crippen molar-refractivity contribution in [2.75, 3.05) is 33.2 Å². The molecule has 4 heteroatoms. The highest BCUT2D eigenvalue weighted by Gasteiger charge is 2.22. The minimum Gasteiger partial charge on any atom is -0.456 e. The standard InChI is InChI=1S/C12H18N2O2/c1-3-10-4-5-11(16-10)12(15)14-8-6-13(2)7-9-14/h4-5H,3,6-9H2,1-2H3. The molecule has 0 N–H and O–H groups in total. The molecule has 1 aromatic rings. The highest BCUT2D eigenvalue weighted by atomic mass is 16.4. The third-order valence-electron chi connectivity index (χ3n) is 3.01. The van der Waals surface area contributed by atoms with E-state index in [1.54, 1.807) is 6.07 Å². The van der Waals surface area contributed by atoms with Gasteiger partial charge in [0.05, 0.1) is 0 Å². The molecule has 1 aliphatic heterocycles. The number of piperazine rings is 1. The number of furan rings is 1. The second-order valence-corrected chi connectivity index (χ2v) is 4.21.